The van der Waals surface area contributed by atoms with Crippen molar-refractivity contribution < 1.29 is 14.3 Å². The van der Waals surface area contributed by atoms with Crippen LogP contribution in [0.4, 0.5) is 11.4 Å². The second-order valence-corrected chi connectivity index (χ2v) is 8.53. The van der Waals surface area contributed by atoms with Crippen molar-refractivity contribution in [3.05, 3.63) is 43.8 Å². The fourth-order valence-electron chi connectivity index (χ4n) is 3.41. The number of anilines is 2. The topological polar surface area (TPSA) is 128 Å². The highest BCUT2D eigenvalue weighted by Crippen LogP contribution is 2.15. The molecule has 182 valence electrons. The van der Waals surface area contributed by atoms with E-state index in [-0.39, 0.29) is 41.3 Å². The van der Waals surface area contributed by atoms with Gasteiger partial charge in [-0.15, -0.1) is 17.8 Å². The summed E-state index contributed by atoms with van der Waals surface area (Å²) in [6, 6.07) is 8.97. The first-order valence-electron chi connectivity index (χ1n) is 11.0. The van der Waals surface area contributed by atoms with Gasteiger partial charge in [0.25, 0.3) is 11.5 Å². The number of carbonyl (C=O) groups is 2. The van der Waals surface area contributed by atoms with Crippen molar-refractivity contribution in [1.82, 2.24) is 14.8 Å². The number of hydrogen-bond acceptors (Lipinski definition) is 8. The summed E-state index contributed by atoms with van der Waals surface area (Å²) in [7, 11) is 0. The number of terminal acetylenes is 1. The van der Waals surface area contributed by atoms with E-state index in [9.17, 15) is 19.6 Å². The second kappa shape index (κ2) is 12.5. The zero-order valence-corrected chi connectivity index (χ0v) is 20.1. The Labute approximate surface area is 206 Å². The van der Waals surface area contributed by atoms with E-state index in [0.717, 1.165) is 24.4 Å². The minimum Gasteiger partial charge on any atom is -0.379 e. The molecule has 0 bridgehead atoms. The normalized spacial score (nSPS) is 15.0. The fraction of sp³-hybridized carbons (Fsp3) is 0.333. The van der Waals surface area contributed by atoms with Gasteiger partial charge in [0, 0.05) is 37.2 Å². The number of rotatable bonds is 8. The van der Waals surface area contributed by atoms with Crippen LogP contribution in [-0.2, 0) is 20.9 Å². The first-order valence-corrected chi connectivity index (χ1v) is 11.8. The van der Waals surface area contributed by atoms with E-state index < -0.39 is 5.91 Å². The van der Waals surface area contributed by atoms with Crippen molar-refractivity contribution in [2.45, 2.75) is 13.5 Å². The molecule has 3 rings (SSSR count). The lowest BCUT2D eigenvalue weighted by Crippen LogP contribution is -2.41. The summed E-state index contributed by atoms with van der Waals surface area (Å²) in [6.07, 6.45) is 6.68. The molecule has 1 aromatic heterocycles. The molecule has 1 aromatic carbocycles. The van der Waals surface area contributed by atoms with Gasteiger partial charge in [0.1, 0.15) is 15.3 Å². The molecular weight excluding hydrogens is 468 g/mol. The summed E-state index contributed by atoms with van der Waals surface area (Å²) in [6.45, 7) is 4.99. The molecule has 0 atom stereocenters. The molecule has 1 fully saturated rings. The highest BCUT2D eigenvalue weighted by atomic mass is 32.1. The number of hydrogen-bond donors (Lipinski definition) is 3. The van der Waals surface area contributed by atoms with Crippen LogP contribution in [-0.4, -0.2) is 60.7 Å². The first kappa shape index (κ1) is 25.7. The lowest BCUT2D eigenvalue weighted by atomic mass is 10.2. The summed E-state index contributed by atoms with van der Waals surface area (Å²) in [4.78, 5) is 39.5. The molecule has 0 aliphatic carbocycles. The fourth-order valence-corrected chi connectivity index (χ4v) is 4.49. The Kier molecular flexibility index (Phi) is 9.21. The number of nitrogens with one attached hydrogen (secondary N) is 3. The Hall–Kier alpha value is -3.90. The maximum atomic E-state index is 12.8. The van der Waals surface area contributed by atoms with E-state index in [1.807, 2.05) is 11.0 Å². The van der Waals surface area contributed by atoms with Crippen molar-refractivity contribution in [2.24, 2.45) is 0 Å². The smallest absolute Gasteiger partial charge is 0.270 e. The predicted molar refractivity (Wildman–Crippen MR) is 135 cm³/mol. The van der Waals surface area contributed by atoms with Gasteiger partial charge in [-0.1, -0.05) is 12.0 Å². The summed E-state index contributed by atoms with van der Waals surface area (Å²) in [5.74, 6) is 1.53. The third-order valence-electron chi connectivity index (χ3n) is 5.11. The van der Waals surface area contributed by atoms with Crippen molar-refractivity contribution >= 4 is 46.3 Å². The van der Waals surface area contributed by atoms with Crippen LogP contribution in [0, 0.1) is 23.7 Å². The number of morpholine rings is 1. The molecule has 2 amide bonds. The Morgan fingerprint density at radius 1 is 1.29 bits per heavy atom. The minimum atomic E-state index is -0.631. The number of carbonyl (C=O) groups excluding carboxylic acids is 2. The van der Waals surface area contributed by atoms with Crippen LogP contribution in [0.1, 0.15) is 6.92 Å². The van der Waals surface area contributed by atoms with E-state index in [2.05, 4.69) is 21.9 Å². The van der Waals surface area contributed by atoms with E-state index in [0.29, 0.717) is 29.1 Å². The summed E-state index contributed by atoms with van der Waals surface area (Å²) < 4.78 is 7.24. The van der Waals surface area contributed by atoms with Crippen LogP contribution < -0.4 is 30.7 Å². The number of nitrogens with zero attached hydrogens (tertiary/aromatic N) is 3. The van der Waals surface area contributed by atoms with Gasteiger partial charge in [-0.3, -0.25) is 23.9 Å². The second-order valence-electron chi connectivity index (χ2n) is 7.50. The van der Waals surface area contributed by atoms with E-state index in [1.54, 1.807) is 31.2 Å². The van der Waals surface area contributed by atoms with Gasteiger partial charge in [-0.05, 0) is 25.1 Å². The van der Waals surface area contributed by atoms with Gasteiger partial charge >= 0.3 is 0 Å². The van der Waals surface area contributed by atoms with Gasteiger partial charge in [-0.2, -0.15) is 5.26 Å². The monoisotopic (exact) mass is 494 g/mol. The average Bonchev–Trinajstić information content (AvgIpc) is 3.17. The Balaban J connectivity index is 1.80. The minimum absolute atomic E-state index is 0.0222. The maximum Gasteiger partial charge on any atom is 0.270 e. The number of aromatic nitrogens is 1. The average molecular weight is 495 g/mol. The van der Waals surface area contributed by atoms with Gasteiger partial charge in [-0.25, -0.2) is 0 Å². The molecule has 2 aromatic rings. The Morgan fingerprint density at radius 2 is 2.03 bits per heavy atom. The quantitative estimate of drug-likeness (QED) is 0.421. The first-order chi connectivity index (χ1) is 17.0. The SMILES string of the molecule is C#CCNC(=O)C(C#N)=c1sc(=CNc2cccc(NC(=O)CN3CCOCC3)c2)c(=O)n1CC. The Morgan fingerprint density at radius 3 is 2.71 bits per heavy atom. The van der Waals surface area contributed by atoms with Crippen LogP contribution in [0.15, 0.2) is 29.1 Å². The van der Waals surface area contributed by atoms with E-state index >= 15 is 0 Å². The molecule has 11 heteroatoms. The molecule has 3 N–H and O–H groups in total. The number of ether oxygens (including phenoxy) is 1. The van der Waals surface area contributed by atoms with E-state index in [4.69, 9.17) is 11.2 Å². The molecule has 1 saturated heterocycles. The van der Waals surface area contributed by atoms with Crippen LogP contribution in [0.3, 0.4) is 0 Å². The van der Waals surface area contributed by atoms with Gasteiger partial charge < -0.3 is 20.7 Å². The molecule has 1 aliphatic rings. The molecule has 2 heterocycles. The van der Waals surface area contributed by atoms with Crippen LogP contribution in [0.2, 0.25) is 0 Å². The molecule has 0 radical (unpaired) electrons. The van der Waals surface area contributed by atoms with Crippen molar-refractivity contribution in [3.8, 4) is 18.4 Å². The molecular formula is C24H26N6O4S. The maximum absolute atomic E-state index is 12.8. The third-order valence-corrected chi connectivity index (χ3v) is 6.25. The van der Waals surface area contributed by atoms with Gasteiger partial charge in [0.2, 0.25) is 5.91 Å². The van der Waals surface area contributed by atoms with Crippen LogP contribution >= 0.6 is 11.3 Å². The number of amides is 2. The summed E-state index contributed by atoms with van der Waals surface area (Å²) >= 11 is 1.03. The van der Waals surface area contributed by atoms with Crippen molar-refractivity contribution in [2.75, 3.05) is 50.0 Å². The van der Waals surface area contributed by atoms with Crippen molar-refractivity contribution in [3.63, 3.8) is 0 Å². The summed E-state index contributed by atoms with van der Waals surface area (Å²) in [5.41, 5.74) is 0.772. The predicted octanol–water partition coefficient (Wildman–Crippen LogP) is -0.526. The standard InChI is InChI=1S/C24H26N6O4S/c1-3-8-26-22(32)19(14-25)24-30(4-2)23(33)20(35-24)15-27-17-6-5-7-18(13-17)28-21(31)16-29-9-11-34-12-10-29/h1,5-7,13,15,27H,4,8-12,16H2,2H3,(H,26,32)(H,28,31). The molecule has 10 nitrogen and oxygen atoms in total. The van der Waals surface area contributed by atoms with Crippen molar-refractivity contribution in [1.29, 1.82) is 5.26 Å². The van der Waals surface area contributed by atoms with Gasteiger partial charge in [0.05, 0.1) is 26.3 Å². The number of benzene rings is 1. The van der Waals surface area contributed by atoms with Gasteiger partial charge in [0.15, 0.2) is 5.57 Å². The zero-order valence-electron chi connectivity index (χ0n) is 19.3. The number of thiazole rings is 1. The zero-order chi connectivity index (χ0) is 25.2. The lowest BCUT2D eigenvalue weighted by Gasteiger charge is -2.25. The third kappa shape index (κ3) is 6.80. The highest BCUT2D eigenvalue weighted by Gasteiger charge is 2.15. The largest absolute Gasteiger partial charge is 0.379 e. The van der Waals surface area contributed by atoms with E-state index in [1.165, 1.54) is 10.8 Å². The van der Waals surface area contributed by atoms with Crippen LogP contribution in [0.25, 0.3) is 11.8 Å². The molecule has 0 saturated carbocycles. The lowest BCUT2D eigenvalue weighted by molar-refractivity contribution is -0.118. The Bertz CT molecular complexity index is 1340. The molecule has 0 unspecified atom stereocenters. The highest BCUT2D eigenvalue weighted by molar-refractivity contribution is 7.07. The molecule has 35 heavy (non-hydrogen) atoms. The molecule has 1 aliphatic heterocycles. The molecule has 0 spiro atoms. The number of nitriles is 1. The summed E-state index contributed by atoms with van der Waals surface area (Å²) in [5, 5.41) is 17.9. The van der Waals surface area contributed by atoms with Crippen LogP contribution in [0.5, 0.6) is 0 Å².